The Morgan fingerprint density at radius 3 is 2.35 bits per heavy atom. The summed E-state index contributed by atoms with van der Waals surface area (Å²) >= 11 is 13.6. The molecule has 1 N–H and O–H groups in total. The van der Waals surface area contributed by atoms with E-state index in [-0.39, 0.29) is 5.91 Å². The number of nitrogens with zero attached hydrogens (tertiary/aromatic N) is 2. The number of hydrogen-bond donors (Lipinski definition) is 1. The lowest BCUT2D eigenvalue weighted by Crippen LogP contribution is -2.19. The summed E-state index contributed by atoms with van der Waals surface area (Å²) in [6.45, 7) is 8.11. The molecule has 0 aliphatic carbocycles. The Bertz CT molecular complexity index is 1250. The van der Waals surface area contributed by atoms with Crippen LogP contribution in [-0.2, 0) is 4.79 Å². The van der Waals surface area contributed by atoms with E-state index in [4.69, 9.17) is 23.2 Å². The monoisotopic (exact) mass is 469 g/mol. The lowest BCUT2D eigenvalue weighted by atomic mass is 10.1. The summed E-state index contributed by atoms with van der Waals surface area (Å²) in [5.41, 5.74) is 7.05. The molecule has 1 aliphatic heterocycles. The second kappa shape index (κ2) is 8.58. The Balaban J connectivity index is 1.65. The second-order valence-electron chi connectivity index (χ2n) is 7.59. The first-order valence-corrected chi connectivity index (χ1v) is 11.3. The zero-order chi connectivity index (χ0) is 22.3. The number of aryl methyl sites for hydroxylation is 3. The van der Waals surface area contributed by atoms with Gasteiger partial charge in [0.05, 0.1) is 20.6 Å². The van der Waals surface area contributed by atoms with Crippen LogP contribution in [0.3, 0.4) is 0 Å². The molecule has 1 amide bonds. The molecule has 2 heterocycles. The quantitative estimate of drug-likeness (QED) is 0.423. The number of halogens is 2. The number of nitrogens with one attached hydrogen (secondary N) is 1. The van der Waals surface area contributed by atoms with Crippen molar-refractivity contribution < 1.29 is 4.79 Å². The Morgan fingerprint density at radius 2 is 1.68 bits per heavy atom. The first kappa shape index (κ1) is 21.8. The molecule has 0 unspecified atom stereocenters. The standard InChI is InChI=1S/C24H21Cl2N3OS/c1-13-7-14(2)9-18(8-13)27-24-28-23(30)22(31-24)11-17-10-15(3)29(16(17)4)19-5-6-20(25)21(26)12-19/h5-12H,1-4H3,(H,27,28,30)/b22-11+. The third-order valence-electron chi connectivity index (χ3n) is 5.01. The number of aliphatic imine (C=N–C) groups is 1. The van der Waals surface area contributed by atoms with E-state index in [1.165, 1.54) is 11.8 Å². The van der Waals surface area contributed by atoms with Crippen LogP contribution in [-0.4, -0.2) is 15.6 Å². The number of aromatic nitrogens is 1. The van der Waals surface area contributed by atoms with Gasteiger partial charge >= 0.3 is 0 Å². The molecule has 158 valence electrons. The fraction of sp³-hybridized carbons (Fsp3) is 0.167. The molecule has 4 nitrogen and oxygen atoms in total. The van der Waals surface area contributed by atoms with Crippen molar-refractivity contribution in [2.75, 3.05) is 0 Å². The normalized spacial score (nSPS) is 16.4. The maximum atomic E-state index is 12.5. The van der Waals surface area contributed by atoms with E-state index >= 15 is 0 Å². The van der Waals surface area contributed by atoms with Crippen molar-refractivity contribution in [1.82, 2.24) is 9.88 Å². The van der Waals surface area contributed by atoms with Gasteiger partial charge in [0.2, 0.25) is 0 Å². The molecular formula is C24H21Cl2N3OS. The molecule has 2 aromatic carbocycles. The van der Waals surface area contributed by atoms with Crippen LogP contribution in [0.2, 0.25) is 10.0 Å². The maximum Gasteiger partial charge on any atom is 0.264 e. The molecule has 1 aliphatic rings. The van der Waals surface area contributed by atoms with Crippen molar-refractivity contribution in [1.29, 1.82) is 0 Å². The van der Waals surface area contributed by atoms with Crippen molar-refractivity contribution in [2.24, 2.45) is 4.99 Å². The predicted molar refractivity (Wildman–Crippen MR) is 132 cm³/mol. The van der Waals surface area contributed by atoms with E-state index in [2.05, 4.69) is 27.0 Å². The van der Waals surface area contributed by atoms with Crippen molar-refractivity contribution in [3.63, 3.8) is 0 Å². The van der Waals surface area contributed by atoms with Crippen LogP contribution in [0, 0.1) is 27.7 Å². The second-order valence-corrected chi connectivity index (χ2v) is 9.43. The number of hydrogen-bond acceptors (Lipinski definition) is 3. The van der Waals surface area contributed by atoms with Gasteiger partial charge in [-0.15, -0.1) is 0 Å². The third-order valence-corrected chi connectivity index (χ3v) is 6.66. The van der Waals surface area contributed by atoms with E-state index in [1.807, 2.05) is 58.0 Å². The maximum absolute atomic E-state index is 12.5. The molecule has 4 rings (SSSR count). The minimum absolute atomic E-state index is 0.146. The van der Waals surface area contributed by atoms with E-state index < -0.39 is 0 Å². The molecular weight excluding hydrogens is 449 g/mol. The van der Waals surface area contributed by atoms with Crippen LogP contribution >= 0.6 is 35.0 Å². The SMILES string of the molecule is Cc1cc(C)cc(N=C2NC(=O)/C(=C\c3cc(C)n(-c4ccc(Cl)c(Cl)c4)c3C)S2)c1. The number of carbonyl (C=O) groups is 1. The summed E-state index contributed by atoms with van der Waals surface area (Å²) < 4.78 is 2.09. The van der Waals surface area contributed by atoms with Gasteiger partial charge in [-0.25, -0.2) is 4.99 Å². The number of carbonyl (C=O) groups excluding carboxylic acids is 1. The van der Waals surface area contributed by atoms with Gasteiger partial charge in [0.25, 0.3) is 5.91 Å². The minimum Gasteiger partial charge on any atom is -0.318 e. The summed E-state index contributed by atoms with van der Waals surface area (Å²) in [7, 11) is 0. The molecule has 31 heavy (non-hydrogen) atoms. The van der Waals surface area contributed by atoms with E-state index in [0.717, 1.165) is 39.5 Å². The van der Waals surface area contributed by atoms with Gasteiger partial charge in [0, 0.05) is 17.1 Å². The molecule has 3 aromatic rings. The smallest absolute Gasteiger partial charge is 0.264 e. The van der Waals surface area contributed by atoms with Gasteiger partial charge in [-0.2, -0.15) is 0 Å². The Hall–Kier alpha value is -2.47. The lowest BCUT2D eigenvalue weighted by Gasteiger charge is -2.10. The van der Waals surface area contributed by atoms with Crippen LogP contribution in [0.15, 0.2) is 52.4 Å². The number of amidine groups is 1. The Morgan fingerprint density at radius 1 is 0.968 bits per heavy atom. The molecule has 1 saturated heterocycles. The van der Waals surface area contributed by atoms with Gasteiger partial charge in [0.1, 0.15) is 0 Å². The van der Waals surface area contributed by atoms with Crippen molar-refractivity contribution in [2.45, 2.75) is 27.7 Å². The summed E-state index contributed by atoms with van der Waals surface area (Å²) in [5.74, 6) is -0.146. The summed E-state index contributed by atoms with van der Waals surface area (Å²) in [6.07, 6.45) is 1.90. The first-order valence-electron chi connectivity index (χ1n) is 9.73. The molecule has 0 spiro atoms. The van der Waals surface area contributed by atoms with Crippen LogP contribution in [0.4, 0.5) is 5.69 Å². The molecule has 0 atom stereocenters. The van der Waals surface area contributed by atoms with Crippen molar-refractivity contribution >= 4 is 57.8 Å². The number of amides is 1. The number of thioether (sulfide) groups is 1. The lowest BCUT2D eigenvalue weighted by molar-refractivity contribution is -0.115. The zero-order valence-corrected chi connectivity index (χ0v) is 19.9. The highest BCUT2D eigenvalue weighted by atomic mass is 35.5. The highest BCUT2D eigenvalue weighted by Gasteiger charge is 2.24. The Kier molecular flexibility index (Phi) is 6.02. The highest BCUT2D eigenvalue weighted by molar-refractivity contribution is 8.18. The van der Waals surface area contributed by atoms with Crippen molar-refractivity contribution in [3.05, 3.63) is 85.5 Å². The van der Waals surface area contributed by atoms with Crippen molar-refractivity contribution in [3.8, 4) is 5.69 Å². The van der Waals surface area contributed by atoms with E-state index in [9.17, 15) is 4.79 Å². The summed E-state index contributed by atoms with van der Waals surface area (Å²) in [4.78, 5) is 17.8. The Labute approximate surface area is 196 Å². The van der Waals surface area contributed by atoms with E-state index in [1.54, 1.807) is 6.07 Å². The van der Waals surface area contributed by atoms with Crippen LogP contribution < -0.4 is 5.32 Å². The van der Waals surface area contributed by atoms with Gasteiger partial charge in [-0.05, 0) is 98.6 Å². The zero-order valence-electron chi connectivity index (χ0n) is 17.6. The summed E-state index contributed by atoms with van der Waals surface area (Å²) in [6, 6.07) is 13.7. The third kappa shape index (κ3) is 4.59. The van der Waals surface area contributed by atoms with Crippen LogP contribution in [0.25, 0.3) is 11.8 Å². The first-order chi connectivity index (χ1) is 14.7. The van der Waals surface area contributed by atoms with Gasteiger partial charge in [0.15, 0.2) is 5.17 Å². The summed E-state index contributed by atoms with van der Waals surface area (Å²) in [5, 5.41) is 4.47. The number of benzene rings is 2. The molecule has 1 aromatic heterocycles. The molecule has 0 radical (unpaired) electrons. The molecule has 7 heteroatoms. The van der Waals surface area contributed by atoms with E-state index in [0.29, 0.717) is 20.1 Å². The van der Waals surface area contributed by atoms with Gasteiger partial charge in [-0.1, -0.05) is 29.3 Å². The highest BCUT2D eigenvalue weighted by Crippen LogP contribution is 2.32. The number of rotatable bonds is 3. The largest absolute Gasteiger partial charge is 0.318 e. The molecule has 0 saturated carbocycles. The molecule has 0 bridgehead atoms. The fourth-order valence-electron chi connectivity index (χ4n) is 3.71. The average Bonchev–Trinajstić information content (AvgIpc) is 3.15. The minimum atomic E-state index is -0.146. The van der Waals surface area contributed by atoms with Gasteiger partial charge in [-0.3, -0.25) is 4.79 Å². The van der Waals surface area contributed by atoms with Crippen LogP contribution in [0.5, 0.6) is 0 Å². The predicted octanol–water partition coefficient (Wildman–Crippen LogP) is 6.91. The average molecular weight is 470 g/mol. The van der Waals surface area contributed by atoms with Gasteiger partial charge < -0.3 is 9.88 Å². The van der Waals surface area contributed by atoms with Crippen LogP contribution in [0.1, 0.15) is 28.1 Å². The molecule has 1 fully saturated rings. The fourth-order valence-corrected chi connectivity index (χ4v) is 4.83. The topological polar surface area (TPSA) is 46.4 Å².